The molecule has 0 radical (unpaired) electrons. The van der Waals surface area contributed by atoms with Crippen molar-refractivity contribution in [2.75, 3.05) is 0 Å². The molecule has 0 aromatic carbocycles. The minimum absolute atomic E-state index is 0.406. The Bertz CT molecular complexity index is 356. The van der Waals surface area contributed by atoms with Crippen LogP contribution in [0.5, 0.6) is 0 Å². The first-order valence-corrected chi connectivity index (χ1v) is 4.96. The van der Waals surface area contributed by atoms with Gasteiger partial charge < -0.3 is 5.11 Å². The number of aromatic nitrogens is 3. The molecule has 14 heavy (non-hydrogen) atoms. The predicted molar refractivity (Wildman–Crippen MR) is 52.3 cm³/mol. The van der Waals surface area contributed by atoms with Crippen molar-refractivity contribution in [3.05, 3.63) is 11.4 Å². The Morgan fingerprint density at radius 1 is 1.36 bits per heavy atom. The first-order chi connectivity index (χ1) is 6.50. The van der Waals surface area contributed by atoms with Crippen molar-refractivity contribution in [2.45, 2.75) is 31.2 Å². The molecule has 1 unspecified atom stereocenters. The molecule has 0 aliphatic rings. The van der Waals surface area contributed by atoms with Crippen LogP contribution in [-0.2, 0) is 4.79 Å². The van der Waals surface area contributed by atoms with Gasteiger partial charge in [-0.2, -0.15) is 5.10 Å². The Morgan fingerprint density at radius 2 is 2.00 bits per heavy atom. The Balaban J connectivity index is 2.78. The van der Waals surface area contributed by atoms with Gasteiger partial charge in [-0.15, -0.1) is 5.10 Å². The molecule has 0 aliphatic carbocycles. The summed E-state index contributed by atoms with van der Waals surface area (Å²) in [6.45, 7) is 5.22. The van der Waals surface area contributed by atoms with Crippen molar-refractivity contribution in [3.8, 4) is 0 Å². The van der Waals surface area contributed by atoms with Crippen LogP contribution in [0.4, 0.5) is 0 Å². The summed E-state index contributed by atoms with van der Waals surface area (Å²) in [6.07, 6.45) is 0. The third-order valence-corrected chi connectivity index (χ3v) is 2.64. The van der Waals surface area contributed by atoms with Gasteiger partial charge in [0.1, 0.15) is 5.25 Å². The Labute approximate surface area is 86.0 Å². The van der Waals surface area contributed by atoms with E-state index in [1.165, 1.54) is 0 Å². The van der Waals surface area contributed by atoms with Gasteiger partial charge in [-0.25, -0.2) is 4.98 Å². The Kier molecular flexibility index (Phi) is 3.40. The van der Waals surface area contributed by atoms with Crippen LogP contribution in [0.15, 0.2) is 5.16 Å². The molecule has 6 heteroatoms. The van der Waals surface area contributed by atoms with Gasteiger partial charge in [0.05, 0.1) is 11.4 Å². The van der Waals surface area contributed by atoms with Gasteiger partial charge in [0.25, 0.3) is 0 Å². The summed E-state index contributed by atoms with van der Waals surface area (Å²) in [5.41, 5.74) is 1.54. The van der Waals surface area contributed by atoms with Crippen molar-refractivity contribution in [3.63, 3.8) is 0 Å². The lowest BCUT2D eigenvalue weighted by Crippen LogP contribution is -2.12. The van der Waals surface area contributed by atoms with E-state index in [1.54, 1.807) is 6.92 Å². The number of hydrogen-bond donors (Lipinski definition) is 1. The standard InChI is InChI=1S/C8H11N3O2S/c1-4-5(2)10-11-8(9-4)14-6(3)7(12)13/h6H,1-3H3,(H,12,13). The second-order valence-electron chi connectivity index (χ2n) is 2.86. The van der Waals surface area contributed by atoms with Gasteiger partial charge in [-0.05, 0) is 20.8 Å². The fourth-order valence-corrected chi connectivity index (χ4v) is 1.39. The molecule has 1 atom stereocenters. The minimum Gasteiger partial charge on any atom is -0.480 e. The molecule has 5 nitrogen and oxygen atoms in total. The number of hydrogen-bond acceptors (Lipinski definition) is 5. The number of thioether (sulfide) groups is 1. The van der Waals surface area contributed by atoms with E-state index in [1.807, 2.05) is 13.8 Å². The van der Waals surface area contributed by atoms with Gasteiger partial charge in [0.2, 0.25) is 5.16 Å². The molecule has 76 valence electrons. The summed E-state index contributed by atoms with van der Waals surface area (Å²) in [5.74, 6) is -0.878. The van der Waals surface area contributed by atoms with Crippen LogP contribution in [0.3, 0.4) is 0 Å². The highest BCUT2D eigenvalue weighted by atomic mass is 32.2. The molecule has 1 heterocycles. The van der Waals surface area contributed by atoms with Crippen LogP contribution < -0.4 is 0 Å². The lowest BCUT2D eigenvalue weighted by atomic mass is 10.4. The lowest BCUT2D eigenvalue weighted by Gasteiger charge is -2.04. The van der Waals surface area contributed by atoms with Crippen molar-refractivity contribution in [1.82, 2.24) is 15.2 Å². The SMILES string of the molecule is Cc1nnc(SC(C)C(=O)O)nc1C. The quantitative estimate of drug-likeness (QED) is 0.756. The summed E-state index contributed by atoms with van der Waals surface area (Å²) in [4.78, 5) is 14.7. The van der Waals surface area contributed by atoms with Gasteiger partial charge in [-0.1, -0.05) is 11.8 Å². The monoisotopic (exact) mass is 213 g/mol. The molecule has 0 saturated carbocycles. The van der Waals surface area contributed by atoms with Crippen LogP contribution in [0.2, 0.25) is 0 Å². The molecule has 1 aromatic rings. The molecule has 0 bridgehead atoms. The molecule has 0 spiro atoms. The molecule has 1 rings (SSSR count). The second-order valence-corrected chi connectivity index (χ2v) is 4.17. The number of carbonyl (C=O) groups is 1. The summed E-state index contributed by atoms with van der Waals surface area (Å²) in [6, 6.07) is 0. The van der Waals surface area contributed by atoms with Crippen molar-refractivity contribution in [1.29, 1.82) is 0 Å². The average molecular weight is 213 g/mol. The van der Waals surface area contributed by atoms with Crippen LogP contribution in [0.1, 0.15) is 18.3 Å². The molecular formula is C8H11N3O2S. The van der Waals surface area contributed by atoms with Crippen molar-refractivity contribution in [2.24, 2.45) is 0 Å². The zero-order chi connectivity index (χ0) is 10.7. The number of carboxylic acids is 1. The highest BCUT2D eigenvalue weighted by molar-refractivity contribution is 8.00. The van der Waals surface area contributed by atoms with Gasteiger partial charge in [0, 0.05) is 0 Å². The third kappa shape index (κ3) is 2.66. The fraction of sp³-hybridized carbons (Fsp3) is 0.500. The zero-order valence-corrected chi connectivity index (χ0v) is 9.00. The highest BCUT2D eigenvalue weighted by Gasteiger charge is 2.14. The van der Waals surface area contributed by atoms with E-state index in [-0.39, 0.29) is 0 Å². The van der Waals surface area contributed by atoms with E-state index < -0.39 is 11.2 Å². The highest BCUT2D eigenvalue weighted by Crippen LogP contribution is 2.18. The van der Waals surface area contributed by atoms with E-state index >= 15 is 0 Å². The number of carboxylic acid groups (broad SMARTS) is 1. The van der Waals surface area contributed by atoms with Gasteiger partial charge >= 0.3 is 5.97 Å². The number of aliphatic carboxylic acids is 1. The zero-order valence-electron chi connectivity index (χ0n) is 8.18. The topological polar surface area (TPSA) is 76.0 Å². The molecular weight excluding hydrogens is 202 g/mol. The third-order valence-electron chi connectivity index (χ3n) is 1.70. The molecule has 0 fully saturated rings. The van der Waals surface area contributed by atoms with Crippen LogP contribution in [0.25, 0.3) is 0 Å². The Morgan fingerprint density at radius 3 is 2.50 bits per heavy atom. The smallest absolute Gasteiger partial charge is 0.316 e. The van der Waals surface area contributed by atoms with Gasteiger partial charge in [-0.3, -0.25) is 4.79 Å². The summed E-state index contributed by atoms with van der Waals surface area (Å²) >= 11 is 1.09. The van der Waals surface area contributed by atoms with E-state index in [0.717, 1.165) is 23.1 Å². The minimum atomic E-state index is -0.878. The lowest BCUT2D eigenvalue weighted by molar-refractivity contribution is -0.136. The summed E-state index contributed by atoms with van der Waals surface area (Å²) in [5, 5.41) is 16.2. The van der Waals surface area contributed by atoms with Crippen LogP contribution >= 0.6 is 11.8 Å². The second kappa shape index (κ2) is 4.36. The maximum atomic E-state index is 10.6. The van der Waals surface area contributed by atoms with Crippen molar-refractivity contribution < 1.29 is 9.90 Å². The first kappa shape index (κ1) is 10.9. The largest absolute Gasteiger partial charge is 0.480 e. The average Bonchev–Trinajstić information content (AvgIpc) is 2.11. The van der Waals surface area contributed by atoms with Crippen LogP contribution in [-0.4, -0.2) is 31.5 Å². The van der Waals surface area contributed by atoms with Crippen molar-refractivity contribution >= 4 is 17.7 Å². The van der Waals surface area contributed by atoms with E-state index in [4.69, 9.17) is 5.11 Å². The number of nitrogens with zero attached hydrogens (tertiary/aromatic N) is 3. The predicted octanol–water partition coefficient (Wildman–Crippen LogP) is 1.05. The maximum Gasteiger partial charge on any atom is 0.316 e. The molecule has 0 amide bonds. The number of rotatable bonds is 3. The molecule has 1 N–H and O–H groups in total. The van der Waals surface area contributed by atoms with E-state index in [9.17, 15) is 4.79 Å². The molecule has 0 aliphatic heterocycles. The molecule has 0 saturated heterocycles. The fourth-order valence-electron chi connectivity index (χ4n) is 0.695. The first-order valence-electron chi connectivity index (χ1n) is 4.08. The summed E-state index contributed by atoms with van der Waals surface area (Å²) < 4.78 is 0. The normalized spacial score (nSPS) is 12.5. The van der Waals surface area contributed by atoms with E-state index in [0.29, 0.717) is 5.16 Å². The number of aryl methyl sites for hydroxylation is 2. The van der Waals surface area contributed by atoms with Crippen LogP contribution in [0, 0.1) is 13.8 Å². The van der Waals surface area contributed by atoms with Gasteiger partial charge in [0.15, 0.2) is 0 Å². The summed E-state index contributed by atoms with van der Waals surface area (Å²) in [7, 11) is 0. The Hall–Kier alpha value is -1.17. The molecule has 1 aromatic heterocycles. The van der Waals surface area contributed by atoms with E-state index in [2.05, 4.69) is 15.2 Å². The maximum absolute atomic E-state index is 10.6.